The highest BCUT2D eigenvalue weighted by Crippen LogP contribution is 2.12. The van der Waals surface area contributed by atoms with Crippen molar-refractivity contribution < 1.29 is 9.53 Å². The predicted octanol–water partition coefficient (Wildman–Crippen LogP) is 2.96. The van der Waals surface area contributed by atoms with Crippen LogP contribution in [0.4, 0.5) is 0 Å². The number of allylic oxidation sites excluding steroid dienone is 2. The summed E-state index contributed by atoms with van der Waals surface area (Å²) >= 11 is 0. The standard InChI is InChI=1S/C14H14O2/c15-13(14-8-4-5-11-16-14)10-9-12-6-2-1-3-7-12/h1-3,6-10H,4-5,11H2. The molecule has 2 nitrogen and oxygen atoms in total. The van der Waals surface area contributed by atoms with Crippen LogP contribution < -0.4 is 0 Å². The molecule has 1 aliphatic heterocycles. The van der Waals surface area contributed by atoms with Crippen LogP contribution in [0.1, 0.15) is 18.4 Å². The molecule has 1 aromatic carbocycles. The van der Waals surface area contributed by atoms with Crippen molar-refractivity contribution in [2.75, 3.05) is 6.61 Å². The van der Waals surface area contributed by atoms with Gasteiger partial charge in [0.2, 0.25) is 5.78 Å². The van der Waals surface area contributed by atoms with E-state index >= 15 is 0 Å². The summed E-state index contributed by atoms with van der Waals surface area (Å²) in [5.41, 5.74) is 1.02. The Balaban J connectivity index is 2.02. The Morgan fingerprint density at radius 1 is 1.25 bits per heavy atom. The number of benzene rings is 1. The van der Waals surface area contributed by atoms with Crippen LogP contribution in [-0.4, -0.2) is 12.4 Å². The van der Waals surface area contributed by atoms with Crippen LogP contribution in [0.2, 0.25) is 0 Å². The maximum atomic E-state index is 11.7. The molecule has 1 aromatic rings. The molecule has 0 N–H and O–H groups in total. The van der Waals surface area contributed by atoms with Crippen LogP contribution in [-0.2, 0) is 9.53 Å². The minimum Gasteiger partial charge on any atom is -0.490 e. The Morgan fingerprint density at radius 3 is 2.75 bits per heavy atom. The zero-order chi connectivity index (χ0) is 11.2. The van der Waals surface area contributed by atoms with Crippen molar-refractivity contribution in [1.29, 1.82) is 0 Å². The van der Waals surface area contributed by atoms with E-state index < -0.39 is 0 Å². The Morgan fingerprint density at radius 2 is 2.06 bits per heavy atom. The molecule has 0 radical (unpaired) electrons. The molecule has 0 bridgehead atoms. The number of hydrogen-bond donors (Lipinski definition) is 0. The third-order valence-electron chi connectivity index (χ3n) is 2.41. The normalized spacial score (nSPS) is 15.6. The van der Waals surface area contributed by atoms with Gasteiger partial charge in [0.25, 0.3) is 0 Å². The number of ether oxygens (including phenoxy) is 1. The van der Waals surface area contributed by atoms with Crippen LogP contribution >= 0.6 is 0 Å². The molecule has 0 amide bonds. The highest BCUT2D eigenvalue weighted by molar-refractivity contribution is 6.04. The number of ketones is 1. The average Bonchev–Trinajstić information content (AvgIpc) is 2.38. The lowest BCUT2D eigenvalue weighted by Gasteiger charge is -2.11. The Labute approximate surface area is 95.2 Å². The van der Waals surface area contributed by atoms with Gasteiger partial charge in [-0.1, -0.05) is 36.4 Å². The van der Waals surface area contributed by atoms with Crippen molar-refractivity contribution >= 4 is 11.9 Å². The topological polar surface area (TPSA) is 26.3 Å². The second-order valence-electron chi connectivity index (χ2n) is 3.67. The Kier molecular flexibility index (Phi) is 3.54. The molecule has 16 heavy (non-hydrogen) atoms. The first-order valence-electron chi connectivity index (χ1n) is 5.47. The van der Waals surface area contributed by atoms with Crippen LogP contribution in [0.25, 0.3) is 6.08 Å². The van der Waals surface area contributed by atoms with Crippen molar-refractivity contribution in [1.82, 2.24) is 0 Å². The third kappa shape index (κ3) is 2.83. The first-order valence-corrected chi connectivity index (χ1v) is 5.47. The van der Waals surface area contributed by atoms with E-state index in [2.05, 4.69) is 0 Å². The van der Waals surface area contributed by atoms with Gasteiger partial charge in [0.1, 0.15) is 0 Å². The minimum absolute atomic E-state index is 0.0523. The smallest absolute Gasteiger partial charge is 0.220 e. The van der Waals surface area contributed by atoms with E-state index in [-0.39, 0.29) is 5.78 Å². The van der Waals surface area contributed by atoms with Gasteiger partial charge in [-0.25, -0.2) is 0 Å². The van der Waals surface area contributed by atoms with Gasteiger partial charge in [0, 0.05) is 0 Å². The fraction of sp³-hybridized carbons (Fsp3) is 0.214. The molecule has 82 valence electrons. The van der Waals surface area contributed by atoms with E-state index in [1.165, 1.54) is 0 Å². The maximum absolute atomic E-state index is 11.7. The molecule has 0 spiro atoms. The number of rotatable bonds is 3. The van der Waals surface area contributed by atoms with Gasteiger partial charge < -0.3 is 4.74 Å². The second kappa shape index (κ2) is 5.31. The summed E-state index contributed by atoms with van der Waals surface area (Å²) in [6.45, 7) is 0.650. The molecule has 0 aromatic heterocycles. The summed E-state index contributed by atoms with van der Waals surface area (Å²) < 4.78 is 5.29. The highest BCUT2D eigenvalue weighted by Gasteiger charge is 2.10. The fourth-order valence-electron chi connectivity index (χ4n) is 1.55. The number of carbonyl (C=O) groups excluding carboxylic acids is 1. The molecule has 2 rings (SSSR count). The van der Waals surface area contributed by atoms with Gasteiger partial charge in [-0.05, 0) is 30.6 Å². The van der Waals surface area contributed by atoms with E-state index in [9.17, 15) is 4.79 Å². The van der Waals surface area contributed by atoms with Crippen molar-refractivity contribution in [3.8, 4) is 0 Å². The van der Waals surface area contributed by atoms with Crippen LogP contribution in [0.15, 0.2) is 48.2 Å². The predicted molar refractivity (Wildman–Crippen MR) is 63.8 cm³/mol. The lowest BCUT2D eigenvalue weighted by Crippen LogP contribution is -2.08. The molecule has 0 atom stereocenters. The fourth-order valence-corrected chi connectivity index (χ4v) is 1.55. The van der Waals surface area contributed by atoms with Crippen LogP contribution in [0.5, 0.6) is 0 Å². The van der Waals surface area contributed by atoms with Crippen LogP contribution in [0, 0.1) is 0 Å². The molecule has 0 aliphatic carbocycles. The molecular formula is C14H14O2. The Hall–Kier alpha value is -1.83. The second-order valence-corrected chi connectivity index (χ2v) is 3.67. The monoisotopic (exact) mass is 214 g/mol. The molecule has 0 fully saturated rings. The van der Waals surface area contributed by atoms with Crippen molar-refractivity contribution in [3.05, 3.63) is 53.8 Å². The van der Waals surface area contributed by atoms with Gasteiger partial charge in [0.15, 0.2) is 5.76 Å². The molecule has 0 saturated carbocycles. The molecule has 2 heteroatoms. The van der Waals surface area contributed by atoms with Crippen molar-refractivity contribution in [2.24, 2.45) is 0 Å². The summed E-state index contributed by atoms with van der Waals surface area (Å²) in [4.78, 5) is 11.7. The zero-order valence-electron chi connectivity index (χ0n) is 9.06. The van der Waals surface area contributed by atoms with E-state index in [1.54, 1.807) is 12.2 Å². The van der Waals surface area contributed by atoms with E-state index in [0.717, 1.165) is 18.4 Å². The van der Waals surface area contributed by atoms with Gasteiger partial charge in [-0.15, -0.1) is 0 Å². The van der Waals surface area contributed by atoms with Crippen molar-refractivity contribution in [2.45, 2.75) is 12.8 Å². The SMILES string of the molecule is O=C(C=Cc1ccccc1)C1=CCCCO1. The zero-order valence-corrected chi connectivity index (χ0v) is 9.06. The van der Waals surface area contributed by atoms with Crippen LogP contribution in [0.3, 0.4) is 0 Å². The minimum atomic E-state index is -0.0523. The highest BCUT2D eigenvalue weighted by atomic mass is 16.5. The summed E-state index contributed by atoms with van der Waals surface area (Å²) in [6, 6.07) is 9.76. The lowest BCUT2D eigenvalue weighted by molar-refractivity contribution is -0.114. The number of carbonyl (C=O) groups is 1. The lowest BCUT2D eigenvalue weighted by atomic mass is 10.1. The average molecular weight is 214 g/mol. The Bertz CT molecular complexity index is 416. The molecule has 0 saturated heterocycles. The first-order chi connectivity index (χ1) is 7.86. The summed E-state index contributed by atoms with van der Waals surface area (Å²) in [6.07, 6.45) is 7.16. The first kappa shape index (κ1) is 10.7. The molecule has 1 heterocycles. The molecule has 0 unspecified atom stereocenters. The van der Waals surface area contributed by atoms with E-state index in [1.807, 2.05) is 36.4 Å². The largest absolute Gasteiger partial charge is 0.490 e. The van der Waals surface area contributed by atoms with Crippen molar-refractivity contribution in [3.63, 3.8) is 0 Å². The van der Waals surface area contributed by atoms with E-state index in [4.69, 9.17) is 4.74 Å². The summed E-state index contributed by atoms with van der Waals surface area (Å²) in [5, 5.41) is 0. The summed E-state index contributed by atoms with van der Waals surface area (Å²) in [7, 11) is 0. The van der Waals surface area contributed by atoms with E-state index in [0.29, 0.717) is 12.4 Å². The van der Waals surface area contributed by atoms with Gasteiger partial charge in [0.05, 0.1) is 6.61 Å². The molecule has 1 aliphatic rings. The van der Waals surface area contributed by atoms with Gasteiger partial charge >= 0.3 is 0 Å². The quantitative estimate of drug-likeness (QED) is 0.723. The summed E-state index contributed by atoms with van der Waals surface area (Å²) in [5.74, 6) is 0.432. The number of hydrogen-bond acceptors (Lipinski definition) is 2. The third-order valence-corrected chi connectivity index (χ3v) is 2.41. The molecular weight excluding hydrogens is 200 g/mol. The maximum Gasteiger partial charge on any atom is 0.220 e. The van der Waals surface area contributed by atoms with Gasteiger partial charge in [-0.2, -0.15) is 0 Å². The van der Waals surface area contributed by atoms with Gasteiger partial charge in [-0.3, -0.25) is 4.79 Å².